The Labute approximate surface area is 147 Å². The molecule has 3 aliphatic rings. The monoisotopic (exact) mass is 404 g/mol. The zero-order valence-corrected chi connectivity index (χ0v) is 14.0. The van der Waals surface area contributed by atoms with Crippen molar-refractivity contribution in [1.82, 2.24) is 0 Å². The number of hydrogen-bond donors (Lipinski definition) is 6. The molecule has 14 heteroatoms. The van der Waals surface area contributed by atoms with Gasteiger partial charge in [-0.05, 0) is 0 Å². The van der Waals surface area contributed by atoms with E-state index in [0.29, 0.717) is 0 Å². The van der Waals surface area contributed by atoms with E-state index in [9.17, 15) is 28.8 Å². The molecule has 13 nitrogen and oxygen atoms in total. The van der Waals surface area contributed by atoms with Crippen LogP contribution in [0.4, 0.5) is 0 Å². The largest absolute Gasteiger partial charge is 0.397 e. The van der Waals surface area contributed by atoms with Gasteiger partial charge in [-0.25, -0.2) is 4.18 Å². The van der Waals surface area contributed by atoms with E-state index in [4.69, 9.17) is 28.6 Å². The highest BCUT2D eigenvalue weighted by Crippen LogP contribution is 2.35. The Balaban J connectivity index is 1.81. The summed E-state index contributed by atoms with van der Waals surface area (Å²) in [5.74, 6) is 0. The zero-order chi connectivity index (χ0) is 19.2. The van der Waals surface area contributed by atoms with Gasteiger partial charge in [-0.15, -0.1) is 0 Å². The second-order valence-corrected chi connectivity index (χ2v) is 7.20. The van der Waals surface area contributed by atoms with Gasteiger partial charge < -0.3 is 44.5 Å². The molecule has 0 radical (unpaired) electrons. The van der Waals surface area contributed by atoms with Gasteiger partial charge in [-0.3, -0.25) is 4.55 Å². The molecule has 152 valence electrons. The van der Waals surface area contributed by atoms with Crippen LogP contribution in [0.5, 0.6) is 0 Å². The van der Waals surface area contributed by atoms with Crippen LogP contribution in [0.3, 0.4) is 0 Å². The summed E-state index contributed by atoms with van der Waals surface area (Å²) in [5.41, 5.74) is 0. The molecule has 0 aromatic carbocycles. The third kappa shape index (κ3) is 3.87. The molecule has 0 aliphatic carbocycles. The molecule has 3 heterocycles. The molecule has 0 amide bonds. The fourth-order valence-electron chi connectivity index (χ4n) is 3.16. The van der Waals surface area contributed by atoms with E-state index < -0.39 is 78.4 Å². The highest BCUT2D eigenvalue weighted by Gasteiger charge is 2.56. The molecular weight excluding hydrogens is 384 g/mol. The molecule has 3 aliphatic heterocycles. The highest BCUT2D eigenvalue weighted by molar-refractivity contribution is 7.80. The first-order chi connectivity index (χ1) is 12.1. The molecule has 6 N–H and O–H groups in total. The number of hydrogen-bond acceptors (Lipinski definition) is 12. The normalized spacial score (nSPS) is 49.3. The van der Waals surface area contributed by atoms with Crippen molar-refractivity contribution in [2.45, 2.75) is 61.4 Å². The quantitative estimate of drug-likeness (QED) is 0.239. The summed E-state index contributed by atoms with van der Waals surface area (Å²) < 4.78 is 56.3. The summed E-state index contributed by atoms with van der Waals surface area (Å²) in [7, 11) is -4.99. The van der Waals surface area contributed by atoms with Crippen LogP contribution >= 0.6 is 0 Å². The zero-order valence-electron chi connectivity index (χ0n) is 13.1. The third-order valence-electron chi connectivity index (χ3n) is 4.44. The van der Waals surface area contributed by atoms with Gasteiger partial charge in [0.25, 0.3) is 0 Å². The molecule has 3 saturated heterocycles. The van der Waals surface area contributed by atoms with Gasteiger partial charge in [-0.2, -0.15) is 8.42 Å². The van der Waals surface area contributed by atoms with Gasteiger partial charge >= 0.3 is 10.4 Å². The van der Waals surface area contributed by atoms with E-state index in [1.807, 2.05) is 0 Å². The van der Waals surface area contributed by atoms with Crippen molar-refractivity contribution in [2.24, 2.45) is 0 Å². The molecule has 0 aromatic rings. The Morgan fingerprint density at radius 1 is 1.00 bits per heavy atom. The summed E-state index contributed by atoms with van der Waals surface area (Å²) in [5, 5.41) is 48.9. The summed E-state index contributed by atoms with van der Waals surface area (Å²) >= 11 is 0. The molecule has 0 spiro atoms. The van der Waals surface area contributed by atoms with Crippen molar-refractivity contribution in [1.29, 1.82) is 0 Å². The van der Waals surface area contributed by atoms with Crippen molar-refractivity contribution in [3.05, 3.63) is 0 Å². The lowest BCUT2D eigenvalue weighted by atomic mass is 9.98. The second kappa shape index (κ2) is 7.50. The van der Waals surface area contributed by atoms with Crippen LogP contribution < -0.4 is 0 Å². The minimum Gasteiger partial charge on any atom is -0.394 e. The average molecular weight is 404 g/mol. The number of aliphatic hydroxyl groups is 5. The first-order valence-corrected chi connectivity index (χ1v) is 9.05. The first-order valence-electron chi connectivity index (χ1n) is 7.69. The Morgan fingerprint density at radius 3 is 2.31 bits per heavy atom. The van der Waals surface area contributed by atoms with Gasteiger partial charge in [0, 0.05) is 0 Å². The molecule has 0 unspecified atom stereocenters. The minimum atomic E-state index is -4.99. The molecule has 0 saturated carbocycles. The topological polar surface area (TPSA) is 202 Å². The van der Waals surface area contributed by atoms with Crippen LogP contribution in [-0.4, -0.2) is 113 Å². The molecule has 3 rings (SSSR count). The lowest BCUT2D eigenvalue weighted by Gasteiger charge is -2.44. The van der Waals surface area contributed by atoms with Gasteiger partial charge in [-0.1, -0.05) is 0 Å². The Bertz CT molecular complexity index is 598. The van der Waals surface area contributed by atoms with Crippen LogP contribution in [0.1, 0.15) is 0 Å². The molecule has 3 fully saturated rings. The molecule has 26 heavy (non-hydrogen) atoms. The maximum Gasteiger partial charge on any atom is 0.397 e. The lowest BCUT2D eigenvalue weighted by molar-refractivity contribution is -0.339. The Morgan fingerprint density at radius 2 is 1.69 bits per heavy atom. The lowest BCUT2D eigenvalue weighted by Crippen LogP contribution is -2.63. The number of fused-ring (bicyclic) bond motifs is 2. The summed E-state index contributed by atoms with van der Waals surface area (Å²) in [6, 6.07) is 0. The molecular formula is C12H20O13S. The van der Waals surface area contributed by atoms with E-state index in [1.54, 1.807) is 0 Å². The SMILES string of the molecule is O=S(=O)(O)O[C@H]1[C@@H](O[C@@H]2[C@@H](O)[C@H](O)O[C@H](CO)[C@@H]2O)O[C@@H]2CO[C@H]1[C@H]2O. The van der Waals surface area contributed by atoms with E-state index in [0.717, 1.165) is 0 Å². The van der Waals surface area contributed by atoms with Crippen LogP contribution in [-0.2, 0) is 33.5 Å². The molecule has 0 aromatic heterocycles. The van der Waals surface area contributed by atoms with Gasteiger partial charge in [0.15, 0.2) is 18.7 Å². The number of ether oxygens (including phenoxy) is 4. The van der Waals surface area contributed by atoms with E-state index >= 15 is 0 Å². The van der Waals surface area contributed by atoms with E-state index in [-0.39, 0.29) is 6.61 Å². The first kappa shape index (κ1) is 20.2. The fraction of sp³-hybridized carbons (Fsp3) is 1.00. The van der Waals surface area contributed by atoms with E-state index in [2.05, 4.69) is 4.18 Å². The van der Waals surface area contributed by atoms with Gasteiger partial charge in [0.2, 0.25) is 0 Å². The molecule has 2 bridgehead atoms. The standard InChI is InChI=1S/C12H20O13S/c13-1-3-5(14)8(7(16)11(17)22-3)24-12-10(25-26(18,19)20)9-6(15)4(23-12)2-21-9/h3-17H,1-2H2,(H,18,19,20)/t3-,4-,5+,6+,7-,8+,9+,10-,11-,12-/m1/s1. The fourth-order valence-corrected chi connectivity index (χ4v) is 3.64. The van der Waals surface area contributed by atoms with Gasteiger partial charge in [0.05, 0.1) is 13.2 Å². The predicted octanol–water partition coefficient (Wildman–Crippen LogP) is -4.52. The van der Waals surface area contributed by atoms with Crippen molar-refractivity contribution >= 4 is 10.4 Å². The third-order valence-corrected chi connectivity index (χ3v) is 4.90. The summed E-state index contributed by atoms with van der Waals surface area (Å²) in [6.07, 6.45) is -14.7. The smallest absolute Gasteiger partial charge is 0.394 e. The second-order valence-electron chi connectivity index (χ2n) is 6.15. The number of rotatable bonds is 5. The van der Waals surface area contributed by atoms with Crippen LogP contribution in [0.25, 0.3) is 0 Å². The summed E-state index contributed by atoms with van der Waals surface area (Å²) in [4.78, 5) is 0. The van der Waals surface area contributed by atoms with Crippen LogP contribution in [0, 0.1) is 0 Å². The average Bonchev–Trinajstić information content (AvgIpc) is 2.81. The van der Waals surface area contributed by atoms with Crippen molar-refractivity contribution in [3.8, 4) is 0 Å². The summed E-state index contributed by atoms with van der Waals surface area (Å²) in [6.45, 7) is -0.813. The minimum absolute atomic E-state index is 0.113. The Hall–Kier alpha value is -0.490. The maximum absolute atomic E-state index is 11.1. The van der Waals surface area contributed by atoms with Crippen molar-refractivity contribution in [2.75, 3.05) is 13.2 Å². The van der Waals surface area contributed by atoms with Crippen molar-refractivity contribution in [3.63, 3.8) is 0 Å². The number of aliphatic hydroxyl groups excluding tert-OH is 5. The van der Waals surface area contributed by atoms with Gasteiger partial charge in [0.1, 0.15) is 42.7 Å². The highest BCUT2D eigenvalue weighted by atomic mass is 32.3. The Kier molecular flexibility index (Phi) is 5.84. The predicted molar refractivity (Wildman–Crippen MR) is 75.7 cm³/mol. The van der Waals surface area contributed by atoms with E-state index in [1.165, 1.54) is 0 Å². The van der Waals surface area contributed by atoms with Crippen LogP contribution in [0.2, 0.25) is 0 Å². The molecule has 10 atom stereocenters. The van der Waals surface area contributed by atoms with Crippen molar-refractivity contribution < 1.29 is 61.6 Å². The van der Waals surface area contributed by atoms with Crippen LogP contribution in [0.15, 0.2) is 0 Å². The maximum atomic E-state index is 11.1.